The minimum absolute atomic E-state index is 0.442. The zero-order valence-corrected chi connectivity index (χ0v) is 13.7. The lowest BCUT2D eigenvalue weighted by Gasteiger charge is -2.24. The molecule has 0 aromatic carbocycles. The van der Waals surface area contributed by atoms with Gasteiger partial charge < -0.3 is 5.32 Å². The Labute approximate surface area is 126 Å². The zero-order chi connectivity index (χ0) is 14.4. The lowest BCUT2D eigenvalue weighted by Crippen LogP contribution is -2.27. The first kappa shape index (κ1) is 15.9. The summed E-state index contributed by atoms with van der Waals surface area (Å²) in [6.07, 6.45) is 5.68. The molecule has 1 aromatic rings. The van der Waals surface area contributed by atoms with Crippen molar-refractivity contribution in [2.24, 2.45) is 5.92 Å². The third-order valence-corrected chi connectivity index (χ3v) is 6.87. The van der Waals surface area contributed by atoms with Crippen molar-refractivity contribution in [2.75, 3.05) is 19.6 Å². The van der Waals surface area contributed by atoms with Crippen molar-refractivity contribution in [3.63, 3.8) is 0 Å². The Bertz CT molecular complexity index is 507. The fourth-order valence-corrected chi connectivity index (χ4v) is 4.72. The number of likely N-dealkylation sites (N-methyl/N-ethyl adjacent to an activating group) is 1. The van der Waals surface area contributed by atoms with Crippen LogP contribution in [0.3, 0.4) is 0 Å². The molecule has 0 amide bonds. The molecule has 2 rings (SSSR count). The summed E-state index contributed by atoms with van der Waals surface area (Å²) in [5.74, 6) is 0.733. The Morgan fingerprint density at radius 3 is 2.75 bits per heavy atom. The number of sulfonamides is 1. The van der Waals surface area contributed by atoms with E-state index in [4.69, 9.17) is 0 Å². The Kier molecular flexibility index (Phi) is 6.01. The fourth-order valence-electron chi connectivity index (χ4n) is 2.28. The van der Waals surface area contributed by atoms with E-state index in [-0.39, 0.29) is 0 Å². The summed E-state index contributed by atoms with van der Waals surface area (Å²) in [7, 11) is -3.30. The topological polar surface area (TPSA) is 58.2 Å². The lowest BCUT2D eigenvalue weighted by molar-refractivity contribution is 0.297. The summed E-state index contributed by atoms with van der Waals surface area (Å²) in [6, 6.07) is 3.64. The predicted octanol–water partition coefficient (Wildman–Crippen LogP) is 2.37. The average molecular weight is 316 g/mol. The molecule has 0 bridgehead atoms. The van der Waals surface area contributed by atoms with Gasteiger partial charge in [0.15, 0.2) is 0 Å². The van der Waals surface area contributed by atoms with Crippen LogP contribution in [0, 0.1) is 5.92 Å². The molecular formula is C14H24N2O2S2. The van der Waals surface area contributed by atoms with Crippen LogP contribution in [0.1, 0.15) is 37.5 Å². The van der Waals surface area contributed by atoms with Crippen molar-refractivity contribution < 1.29 is 8.42 Å². The minimum atomic E-state index is -3.30. The Morgan fingerprint density at radius 2 is 2.10 bits per heavy atom. The van der Waals surface area contributed by atoms with Crippen molar-refractivity contribution in [3.05, 3.63) is 17.0 Å². The summed E-state index contributed by atoms with van der Waals surface area (Å²) in [4.78, 5) is 1.12. The van der Waals surface area contributed by atoms with Crippen LogP contribution in [-0.2, 0) is 16.4 Å². The molecule has 1 aliphatic carbocycles. The van der Waals surface area contributed by atoms with Gasteiger partial charge in [-0.3, -0.25) is 0 Å². The van der Waals surface area contributed by atoms with E-state index in [2.05, 4.69) is 17.0 Å². The standard InChI is InChI=1S/C14H24N2O2S2/c1-2-15-10-9-13-6-7-14(19-13)20(17,18)16-11-8-12-4-3-5-12/h6-7,12,15-16H,2-5,8-11H2,1H3. The molecule has 1 aromatic heterocycles. The molecule has 1 heterocycles. The summed E-state index contributed by atoms with van der Waals surface area (Å²) in [6.45, 7) is 4.47. The molecule has 1 fully saturated rings. The molecule has 0 atom stereocenters. The highest BCUT2D eigenvalue weighted by atomic mass is 32.2. The lowest BCUT2D eigenvalue weighted by atomic mass is 9.83. The van der Waals surface area contributed by atoms with Crippen molar-refractivity contribution in [3.8, 4) is 0 Å². The van der Waals surface area contributed by atoms with Crippen molar-refractivity contribution in [1.82, 2.24) is 10.0 Å². The second-order valence-corrected chi connectivity index (χ2v) is 8.47. The quantitative estimate of drug-likeness (QED) is 0.688. The third-order valence-electron chi connectivity index (χ3n) is 3.77. The summed E-state index contributed by atoms with van der Waals surface area (Å²) >= 11 is 1.38. The Balaban J connectivity index is 1.81. The number of nitrogens with one attached hydrogen (secondary N) is 2. The summed E-state index contributed by atoms with van der Waals surface area (Å²) in [5.41, 5.74) is 0. The Morgan fingerprint density at radius 1 is 1.30 bits per heavy atom. The van der Waals surface area contributed by atoms with Crippen LogP contribution in [0.15, 0.2) is 16.3 Å². The normalized spacial score (nSPS) is 16.2. The second-order valence-electron chi connectivity index (χ2n) is 5.31. The fraction of sp³-hybridized carbons (Fsp3) is 0.714. The van der Waals surface area contributed by atoms with E-state index in [0.29, 0.717) is 10.8 Å². The smallest absolute Gasteiger partial charge is 0.250 e. The molecule has 6 heteroatoms. The van der Waals surface area contributed by atoms with Crippen molar-refractivity contribution in [1.29, 1.82) is 0 Å². The van der Waals surface area contributed by atoms with Gasteiger partial charge in [-0.15, -0.1) is 11.3 Å². The van der Waals surface area contributed by atoms with E-state index in [9.17, 15) is 8.42 Å². The van der Waals surface area contributed by atoms with Gasteiger partial charge >= 0.3 is 0 Å². The maximum Gasteiger partial charge on any atom is 0.250 e. The van der Waals surface area contributed by atoms with Gasteiger partial charge in [0.05, 0.1) is 0 Å². The summed E-state index contributed by atoms with van der Waals surface area (Å²) in [5, 5.41) is 3.25. The SMILES string of the molecule is CCNCCc1ccc(S(=O)(=O)NCCC2CCC2)s1. The minimum Gasteiger partial charge on any atom is -0.317 e. The van der Waals surface area contributed by atoms with Crippen molar-refractivity contribution >= 4 is 21.4 Å². The molecule has 20 heavy (non-hydrogen) atoms. The van der Waals surface area contributed by atoms with E-state index in [1.807, 2.05) is 6.07 Å². The van der Waals surface area contributed by atoms with E-state index >= 15 is 0 Å². The maximum absolute atomic E-state index is 12.1. The monoisotopic (exact) mass is 316 g/mol. The predicted molar refractivity (Wildman–Crippen MR) is 83.7 cm³/mol. The van der Waals surface area contributed by atoms with E-state index in [1.54, 1.807) is 6.07 Å². The largest absolute Gasteiger partial charge is 0.317 e. The first-order valence-electron chi connectivity index (χ1n) is 7.41. The second kappa shape index (κ2) is 7.54. The van der Waals surface area contributed by atoms with Gasteiger partial charge in [0.1, 0.15) is 4.21 Å². The van der Waals surface area contributed by atoms with Gasteiger partial charge in [0.2, 0.25) is 10.0 Å². The Hall–Kier alpha value is -0.430. The van der Waals surface area contributed by atoms with Gasteiger partial charge in [-0.2, -0.15) is 0 Å². The molecule has 0 radical (unpaired) electrons. The zero-order valence-electron chi connectivity index (χ0n) is 12.0. The molecule has 0 saturated heterocycles. The molecule has 1 saturated carbocycles. The van der Waals surface area contributed by atoms with E-state index < -0.39 is 10.0 Å². The van der Waals surface area contributed by atoms with Crippen LogP contribution in [-0.4, -0.2) is 28.1 Å². The van der Waals surface area contributed by atoms with E-state index in [0.717, 1.165) is 36.7 Å². The van der Waals surface area contributed by atoms with Crippen molar-refractivity contribution in [2.45, 2.75) is 43.2 Å². The van der Waals surface area contributed by atoms with Gasteiger partial charge in [-0.1, -0.05) is 26.2 Å². The molecule has 1 aliphatic rings. The highest BCUT2D eigenvalue weighted by molar-refractivity contribution is 7.91. The van der Waals surface area contributed by atoms with Crippen LogP contribution in [0.2, 0.25) is 0 Å². The average Bonchev–Trinajstić information content (AvgIpc) is 2.82. The third kappa shape index (κ3) is 4.55. The first-order chi connectivity index (χ1) is 9.62. The van der Waals surface area contributed by atoms with Crippen LogP contribution in [0.4, 0.5) is 0 Å². The molecule has 4 nitrogen and oxygen atoms in total. The molecule has 0 spiro atoms. The van der Waals surface area contributed by atoms with Gasteiger partial charge in [-0.05, 0) is 44.0 Å². The van der Waals surface area contributed by atoms with Crippen LogP contribution >= 0.6 is 11.3 Å². The molecule has 0 unspecified atom stereocenters. The van der Waals surface area contributed by atoms with Crippen LogP contribution < -0.4 is 10.0 Å². The molecular weight excluding hydrogens is 292 g/mol. The number of rotatable bonds is 9. The van der Waals surface area contributed by atoms with E-state index in [1.165, 1.54) is 30.6 Å². The summed E-state index contributed by atoms with van der Waals surface area (Å²) < 4.78 is 27.5. The van der Waals surface area contributed by atoms with Crippen LogP contribution in [0.25, 0.3) is 0 Å². The highest BCUT2D eigenvalue weighted by Gasteiger charge is 2.20. The number of hydrogen-bond donors (Lipinski definition) is 2. The molecule has 0 aliphatic heterocycles. The maximum atomic E-state index is 12.1. The molecule has 2 N–H and O–H groups in total. The number of hydrogen-bond acceptors (Lipinski definition) is 4. The molecule has 114 valence electrons. The number of thiophene rings is 1. The van der Waals surface area contributed by atoms with Gasteiger partial charge in [0.25, 0.3) is 0 Å². The first-order valence-corrected chi connectivity index (χ1v) is 9.71. The van der Waals surface area contributed by atoms with Crippen LogP contribution in [0.5, 0.6) is 0 Å². The van der Waals surface area contributed by atoms with Gasteiger partial charge in [-0.25, -0.2) is 13.1 Å². The highest BCUT2D eigenvalue weighted by Crippen LogP contribution is 2.29. The van der Waals surface area contributed by atoms with Gasteiger partial charge in [0, 0.05) is 11.4 Å².